The third-order valence-corrected chi connectivity index (χ3v) is 4.33. The van der Waals surface area contributed by atoms with Crippen molar-refractivity contribution >= 4 is 33.5 Å². The van der Waals surface area contributed by atoms with Crippen LogP contribution in [0, 0.1) is 0 Å². The van der Waals surface area contributed by atoms with Gasteiger partial charge in [-0.3, -0.25) is 4.79 Å². The second kappa shape index (κ2) is 5.61. The highest BCUT2D eigenvalue weighted by Gasteiger charge is 2.55. The van der Waals surface area contributed by atoms with E-state index in [0.29, 0.717) is 15.7 Å². The first-order chi connectivity index (χ1) is 10.1. The van der Waals surface area contributed by atoms with Gasteiger partial charge in [0.2, 0.25) is 5.91 Å². The lowest BCUT2D eigenvalue weighted by Crippen LogP contribution is -2.44. The number of esters is 1. The molecule has 4 nitrogen and oxygen atoms in total. The summed E-state index contributed by atoms with van der Waals surface area (Å²) < 4.78 is 33.4. The van der Waals surface area contributed by atoms with Crippen LogP contribution in [0.4, 0.5) is 14.5 Å². The molecular formula is C15H16BrF2NO3. The molecule has 0 aliphatic carbocycles. The van der Waals surface area contributed by atoms with Gasteiger partial charge in [0.05, 0.1) is 12.0 Å². The Labute approximate surface area is 135 Å². The smallest absolute Gasteiger partial charge is 0.377 e. The molecule has 0 fully saturated rings. The zero-order valence-corrected chi connectivity index (χ0v) is 14.0. The monoisotopic (exact) mass is 375 g/mol. The third kappa shape index (κ3) is 2.62. The van der Waals surface area contributed by atoms with Crippen molar-refractivity contribution in [2.45, 2.75) is 31.6 Å². The maximum absolute atomic E-state index is 14.1. The number of likely N-dealkylation sites (N-methyl/N-ethyl adjacent to an activating group) is 1. The first kappa shape index (κ1) is 16.9. The summed E-state index contributed by atoms with van der Waals surface area (Å²) in [6.07, 6.45) is -0.925. The van der Waals surface area contributed by atoms with Gasteiger partial charge in [0.1, 0.15) is 0 Å². The first-order valence-electron chi connectivity index (χ1n) is 6.76. The molecule has 1 atom stereocenters. The van der Waals surface area contributed by atoms with Crippen molar-refractivity contribution in [1.29, 1.82) is 0 Å². The Hall–Kier alpha value is -1.50. The highest BCUT2D eigenvalue weighted by atomic mass is 79.9. The first-order valence-corrected chi connectivity index (χ1v) is 7.56. The molecule has 0 aromatic heterocycles. The molecule has 0 spiro atoms. The SMILES string of the molecule is CCOC(=O)C(F)(F)CC1(C)C(=O)N(C)c2ccc(Br)cc21. The number of hydrogen-bond donors (Lipinski definition) is 0. The summed E-state index contributed by atoms with van der Waals surface area (Å²) in [5.41, 5.74) is -0.446. The number of rotatable bonds is 4. The van der Waals surface area contributed by atoms with Crippen LogP contribution in [-0.4, -0.2) is 31.5 Å². The van der Waals surface area contributed by atoms with E-state index in [2.05, 4.69) is 20.7 Å². The number of anilines is 1. The summed E-state index contributed by atoms with van der Waals surface area (Å²) in [7, 11) is 1.53. The van der Waals surface area contributed by atoms with Gasteiger partial charge in [-0.05, 0) is 37.6 Å². The van der Waals surface area contributed by atoms with E-state index in [1.165, 1.54) is 25.8 Å². The Kier molecular flexibility index (Phi) is 4.30. The standard InChI is InChI=1S/C15H16BrF2NO3/c1-4-22-13(21)15(17,18)8-14(2)10-7-9(16)5-6-11(10)19(3)12(14)20/h5-7H,4,8H2,1-3H3. The van der Waals surface area contributed by atoms with Gasteiger partial charge in [0.25, 0.3) is 0 Å². The maximum Gasteiger partial charge on any atom is 0.377 e. The second-order valence-corrected chi connectivity index (χ2v) is 6.38. The number of benzene rings is 1. The molecule has 22 heavy (non-hydrogen) atoms. The minimum absolute atomic E-state index is 0.138. The maximum atomic E-state index is 14.1. The predicted octanol–water partition coefficient (Wildman–Crippen LogP) is 3.27. The molecule has 0 bridgehead atoms. The van der Waals surface area contributed by atoms with E-state index in [4.69, 9.17) is 0 Å². The Morgan fingerprint density at radius 1 is 1.45 bits per heavy atom. The molecular weight excluding hydrogens is 360 g/mol. The van der Waals surface area contributed by atoms with Crippen LogP contribution >= 0.6 is 15.9 Å². The highest BCUT2D eigenvalue weighted by molar-refractivity contribution is 9.10. The third-order valence-electron chi connectivity index (χ3n) is 3.84. The van der Waals surface area contributed by atoms with E-state index in [0.717, 1.165) is 0 Å². The molecule has 0 saturated heterocycles. The normalized spacial score (nSPS) is 21.0. The van der Waals surface area contributed by atoms with Crippen molar-refractivity contribution in [2.75, 3.05) is 18.6 Å². The number of amides is 1. The van der Waals surface area contributed by atoms with Crippen molar-refractivity contribution in [3.8, 4) is 0 Å². The van der Waals surface area contributed by atoms with Crippen LogP contribution in [0.2, 0.25) is 0 Å². The van der Waals surface area contributed by atoms with E-state index in [9.17, 15) is 18.4 Å². The average molecular weight is 376 g/mol. The van der Waals surface area contributed by atoms with Gasteiger partial charge in [0.15, 0.2) is 0 Å². The van der Waals surface area contributed by atoms with Crippen LogP contribution in [0.3, 0.4) is 0 Å². The molecule has 0 N–H and O–H groups in total. The fraction of sp³-hybridized carbons (Fsp3) is 0.467. The quantitative estimate of drug-likeness (QED) is 0.758. The lowest BCUT2D eigenvalue weighted by atomic mass is 9.78. The molecule has 120 valence electrons. The van der Waals surface area contributed by atoms with Crippen molar-refractivity contribution in [1.82, 2.24) is 0 Å². The Bertz CT molecular complexity index is 635. The summed E-state index contributed by atoms with van der Waals surface area (Å²) in [6, 6.07) is 5.06. The lowest BCUT2D eigenvalue weighted by molar-refractivity contribution is -0.174. The van der Waals surface area contributed by atoms with Gasteiger partial charge < -0.3 is 9.64 Å². The van der Waals surface area contributed by atoms with Crippen LogP contribution in [0.1, 0.15) is 25.8 Å². The minimum Gasteiger partial charge on any atom is -0.462 e. The minimum atomic E-state index is -3.73. The summed E-state index contributed by atoms with van der Waals surface area (Å²) in [5, 5.41) is 0. The Morgan fingerprint density at radius 2 is 2.09 bits per heavy atom. The highest BCUT2D eigenvalue weighted by Crippen LogP contribution is 2.47. The number of ether oxygens (including phenoxy) is 1. The Morgan fingerprint density at radius 3 is 2.68 bits per heavy atom. The van der Waals surface area contributed by atoms with Gasteiger partial charge in [-0.15, -0.1) is 0 Å². The largest absolute Gasteiger partial charge is 0.462 e. The van der Waals surface area contributed by atoms with Crippen molar-refractivity contribution in [2.24, 2.45) is 0 Å². The summed E-state index contributed by atoms with van der Waals surface area (Å²) in [4.78, 5) is 25.3. The molecule has 1 amide bonds. The van der Waals surface area contributed by atoms with Crippen molar-refractivity contribution in [3.05, 3.63) is 28.2 Å². The number of fused-ring (bicyclic) bond motifs is 1. The van der Waals surface area contributed by atoms with E-state index >= 15 is 0 Å². The van der Waals surface area contributed by atoms with Crippen LogP contribution < -0.4 is 4.90 Å². The second-order valence-electron chi connectivity index (χ2n) is 5.46. The molecule has 1 aromatic rings. The topological polar surface area (TPSA) is 46.6 Å². The summed E-state index contributed by atoms with van der Waals surface area (Å²) >= 11 is 3.28. The fourth-order valence-corrected chi connectivity index (χ4v) is 3.12. The lowest BCUT2D eigenvalue weighted by Gasteiger charge is -2.27. The van der Waals surface area contributed by atoms with Gasteiger partial charge >= 0.3 is 11.9 Å². The fourth-order valence-electron chi connectivity index (χ4n) is 2.76. The molecule has 1 unspecified atom stereocenters. The van der Waals surface area contributed by atoms with Crippen molar-refractivity contribution < 1.29 is 23.1 Å². The number of halogens is 3. The zero-order chi connectivity index (χ0) is 16.7. The van der Waals surface area contributed by atoms with E-state index in [1.807, 2.05) is 0 Å². The van der Waals surface area contributed by atoms with Crippen LogP contribution in [-0.2, 0) is 19.7 Å². The number of alkyl halides is 2. The van der Waals surface area contributed by atoms with Gasteiger partial charge in [0, 0.05) is 23.6 Å². The number of carbonyl (C=O) groups excluding carboxylic acids is 2. The van der Waals surface area contributed by atoms with Crippen molar-refractivity contribution in [3.63, 3.8) is 0 Å². The van der Waals surface area contributed by atoms with E-state index in [1.54, 1.807) is 18.2 Å². The van der Waals surface area contributed by atoms with Gasteiger partial charge in [-0.1, -0.05) is 15.9 Å². The van der Waals surface area contributed by atoms with Crippen LogP contribution in [0.5, 0.6) is 0 Å². The molecule has 0 radical (unpaired) electrons. The molecule has 1 aliphatic rings. The predicted molar refractivity (Wildman–Crippen MR) is 81.1 cm³/mol. The van der Waals surface area contributed by atoms with Gasteiger partial charge in [-0.2, -0.15) is 8.78 Å². The molecule has 1 aliphatic heterocycles. The van der Waals surface area contributed by atoms with Crippen LogP contribution in [0.15, 0.2) is 22.7 Å². The molecule has 0 saturated carbocycles. The molecule has 2 rings (SSSR count). The molecule has 7 heteroatoms. The summed E-state index contributed by atoms with van der Waals surface area (Å²) in [5.74, 6) is -5.80. The molecule has 1 aromatic carbocycles. The van der Waals surface area contributed by atoms with Crippen LogP contribution in [0.25, 0.3) is 0 Å². The Balaban J connectivity index is 2.44. The van der Waals surface area contributed by atoms with E-state index < -0.39 is 29.6 Å². The number of hydrogen-bond acceptors (Lipinski definition) is 3. The number of nitrogens with zero attached hydrogens (tertiary/aromatic N) is 1. The average Bonchev–Trinajstić information content (AvgIpc) is 2.61. The zero-order valence-electron chi connectivity index (χ0n) is 12.5. The molecule has 1 heterocycles. The van der Waals surface area contributed by atoms with E-state index in [-0.39, 0.29) is 6.61 Å². The summed E-state index contributed by atoms with van der Waals surface area (Å²) in [6.45, 7) is 2.75. The number of carbonyl (C=O) groups is 2. The van der Waals surface area contributed by atoms with Gasteiger partial charge in [-0.25, -0.2) is 4.79 Å².